The summed E-state index contributed by atoms with van der Waals surface area (Å²) in [6.45, 7) is 4.63. The zero-order chi connectivity index (χ0) is 13.5. The Bertz CT molecular complexity index is 418. The van der Waals surface area contributed by atoms with Gasteiger partial charge in [0.05, 0.1) is 18.8 Å². The van der Waals surface area contributed by atoms with Gasteiger partial charge in [0, 0.05) is 0 Å². The Balaban J connectivity index is 2.91. The Hall–Kier alpha value is -1.23. The van der Waals surface area contributed by atoms with Crippen molar-refractivity contribution in [3.63, 3.8) is 0 Å². The van der Waals surface area contributed by atoms with Crippen LogP contribution in [0.4, 0.5) is 0 Å². The van der Waals surface area contributed by atoms with E-state index in [1.54, 1.807) is 13.0 Å². The highest BCUT2D eigenvalue weighted by molar-refractivity contribution is 9.10. The van der Waals surface area contributed by atoms with E-state index in [9.17, 15) is 9.90 Å². The number of carbonyl (C=O) groups is 1. The first-order valence-corrected chi connectivity index (χ1v) is 6.71. The number of unbranched alkanes of at least 4 members (excludes halogenated alkanes) is 1. The minimum Gasteiger partial charge on any atom is -0.507 e. The van der Waals surface area contributed by atoms with Gasteiger partial charge < -0.3 is 14.6 Å². The second kappa shape index (κ2) is 7.26. The summed E-state index contributed by atoms with van der Waals surface area (Å²) < 4.78 is 10.8. The smallest absolute Gasteiger partial charge is 0.338 e. The predicted octanol–water partition coefficient (Wildman–Crippen LogP) is 3.51. The molecule has 0 aliphatic carbocycles. The Morgan fingerprint density at radius 3 is 2.72 bits per heavy atom. The molecular formula is C13H17BrO4. The van der Waals surface area contributed by atoms with Crippen molar-refractivity contribution in [2.24, 2.45) is 0 Å². The van der Waals surface area contributed by atoms with Crippen molar-refractivity contribution in [2.75, 3.05) is 13.2 Å². The van der Waals surface area contributed by atoms with E-state index in [-0.39, 0.29) is 11.3 Å². The van der Waals surface area contributed by atoms with E-state index in [0.29, 0.717) is 23.4 Å². The third kappa shape index (κ3) is 3.91. The third-order valence-electron chi connectivity index (χ3n) is 2.29. The molecule has 0 heterocycles. The number of phenolic OH excluding ortho intramolecular Hbond substituents is 1. The molecule has 1 rings (SSSR count). The van der Waals surface area contributed by atoms with E-state index in [4.69, 9.17) is 9.47 Å². The van der Waals surface area contributed by atoms with E-state index in [1.165, 1.54) is 6.07 Å². The average molecular weight is 317 g/mol. The molecule has 0 radical (unpaired) electrons. The number of hydrogen-bond donors (Lipinski definition) is 1. The van der Waals surface area contributed by atoms with E-state index < -0.39 is 5.97 Å². The van der Waals surface area contributed by atoms with Gasteiger partial charge in [-0.2, -0.15) is 0 Å². The van der Waals surface area contributed by atoms with Gasteiger partial charge in [-0.3, -0.25) is 0 Å². The molecule has 4 nitrogen and oxygen atoms in total. The number of carbonyl (C=O) groups excluding carboxylic acids is 1. The summed E-state index contributed by atoms with van der Waals surface area (Å²) in [4.78, 5) is 11.6. The van der Waals surface area contributed by atoms with Crippen LogP contribution in [-0.4, -0.2) is 24.3 Å². The Morgan fingerprint density at radius 2 is 2.11 bits per heavy atom. The van der Waals surface area contributed by atoms with Gasteiger partial charge in [-0.25, -0.2) is 4.79 Å². The fraction of sp³-hybridized carbons (Fsp3) is 0.462. The zero-order valence-corrected chi connectivity index (χ0v) is 12.1. The van der Waals surface area contributed by atoms with Crippen molar-refractivity contribution >= 4 is 21.9 Å². The highest BCUT2D eigenvalue weighted by Gasteiger charge is 2.14. The number of esters is 1. The van der Waals surface area contributed by atoms with Gasteiger partial charge >= 0.3 is 5.97 Å². The lowest BCUT2D eigenvalue weighted by atomic mass is 10.2. The Morgan fingerprint density at radius 1 is 1.39 bits per heavy atom. The van der Waals surface area contributed by atoms with Crippen LogP contribution >= 0.6 is 15.9 Å². The normalized spacial score (nSPS) is 10.2. The summed E-state index contributed by atoms with van der Waals surface area (Å²) in [5.41, 5.74) is 0.282. The minimum absolute atomic E-state index is 0.0351. The fourth-order valence-electron chi connectivity index (χ4n) is 1.35. The minimum atomic E-state index is -0.472. The maximum atomic E-state index is 11.6. The second-order valence-corrected chi connectivity index (χ2v) is 4.52. The first kappa shape index (κ1) is 14.8. The van der Waals surface area contributed by atoms with Crippen molar-refractivity contribution in [3.05, 3.63) is 22.2 Å². The van der Waals surface area contributed by atoms with Gasteiger partial charge in [0.2, 0.25) is 0 Å². The van der Waals surface area contributed by atoms with E-state index in [0.717, 1.165) is 12.8 Å². The molecule has 1 aromatic carbocycles. The highest BCUT2D eigenvalue weighted by atomic mass is 79.9. The van der Waals surface area contributed by atoms with Crippen LogP contribution in [0.5, 0.6) is 11.5 Å². The van der Waals surface area contributed by atoms with Crippen molar-refractivity contribution < 1.29 is 19.4 Å². The molecule has 0 aromatic heterocycles. The van der Waals surface area contributed by atoms with Crippen LogP contribution in [0.3, 0.4) is 0 Å². The summed E-state index contributed by atoms with van der Waals surface area (Å²) >= 11 is 3.23. The molecule has 0 atom stereocenters. The van der Waals surface area contributed by atoms with Gasteiger partial charge in [0.1, 0.15) is 16.0 Å². The van der Waals surface area contributed by atoms with E-state index in [2.05, 4.69) is 22.9 Å². The lowest BCUT2D eigenvalue weighted by Gasteiger charge is -2.11. The lowest BCUT2D eigenvalue weighted by molar-refractivity contribution is 0.0525. The van der Waals surface area contributed by atoms with Crippen molar-refractivity contribution in [2.45, 2.75) is 26.7 Å². The maximum absolute atomic E-state index is 11.6. The molecule has 5 heteroatoms. The number of rotatable bonds is 6. The maximum Gasteiger partial charge on any atom is 0.338 e. The molecular weight excluding hydrogens is 300 g/mol. The van der Waals surface area contributed by atoms with Crippen LogP contribution in [0.1, 0.15) is 37.0 Å². The number of aromatic hydroxyl groups is 1. The van der Waals surface area contributed by atoms with Crippen molar-refractivity contribution in [3.8, 4) is 11.5 Å². The topological polar surface area (TPSA) is 55.8 Å². The third-order valence-corrected chi connectivity index (χ3v) is 3.08. The number of ether oxygens (including phenoxy) is 2. The number of benzene rings is 1. The number of phenols is 1. The summed E-state index contributed by atoms with van der Waals surface area (Å²) in [6, 6.07) is 2.92. The molecule has 0 fully saturated rings. The van der Waals surface area contributed by atoms with Crippen LogP contribution < -0.4 is 4.74 Å². The van der Waals surface area contributed by atoms with Crippen LogP contribution in [0, 0.1) is 0 Å². The Kier molecular flexibility index (Phi) is 5.98. The molecule has 100 valence electrons. The Labute approximate surface area is 115 Å². The quantitative estimate of drug-likeness (QED) is 0.644. The number of halogens is 1. The van der Waals surface area contributed by atoms with Gasteiger partial charge in [0.25, 0.3) is 0 Å². The molecule has 0 bridgehead atoms. The zero-order valence-electron chi connectivity index (χ0n) is 10.5. The highest BCUT2D eigenvalue weighted by Crippen LogP contribution is 2.35. The summed E-state index contributed by atoms with van der Waals surface area (Å²) in [6.07, 6.45) is 1.93. The summed E-state index contributed by atoms with van der Waals surface area (Å²) in [5.74, 6) is -0.0563. The van der Waals surface area contributed by atoms with Crippen LogP contribution in [0.15, 0.2) is 16.6 Å². The molecule has 1 N–H and O–H groups in total. The van der Waals surface area contributed by atoms with E-state index >= 15 is 0 Å². The first-order chi connectivity index (χ1) is 8.60. The van der Waals surface area contributed by atoms with Gasteiger partial charge in [0.15, 0.2) is 0 Å². The second-order valence-electron chi connectivity index (χ2n) is 3.73. The fourth-order valence-corrected chi connectivity index (χ4v) is 1.69. The molecule has 0 amide bonds. The van der Waals surface area contributed by atoms with Gasteiger partial charge in [-0.1, -0.05) is 13.3 Å². The van der Waals surface area contributed by atoms with Crippen LogP contribution in [0.25, 0.3) is 0 Å². The van der Waals surface area contributed by atoms with E-state index in [1.807, 2.05) is 0 Å². The predicted molar refractivity (Wildman–Crippen MR) is 72.2 cm³/mol. The molecule has 1 aromatic rings. The molecule has 0 aliphatic rings. The van der Waals surface area contributed by atoms with Crippen molar-refractivity contribution in [1.29, 1.82) is 0 Å². The van der Waals surface area contributed by atoms with Gasteiger partial charge in [-0.05, 0) is 41.4 Å². The lowest BCUT2D eigenvalue weighted by Crippen LogP contribution is -2.06. The summed E-state index contributed by atoms with van der Waals surface area (Å²) in [7, 11) is 0. The molecule has 0 saturated heterocycles. The van der Waals surface area contributed by atoms with Crippen LogP contribution in [-0.2, 0) is 4.74 Å². The van der Waals surface area contributed by atoms with Crippen LogP contribution in [0.2, 0.25) is 0 Å². The molecule has 0 saturated carbocycles. The number of hydrogen-bond acceptors (Lipinski definition) is 4. The molecule has 0 unspecified atom stereocenters. The molecule has 18 heavy (non-hydrogen) atoms. The summed E-state index contributed by atoms with van der Waals surface area (Å²) in [5, 5.41) is 9.72. The molecule has 0 aliphatic heterocycles. The van der Waals surface area contributed by atoms with Crippen molar-refractivity contribution in [1.82, 2.24) is 0 Å². The average Bonchev–Trinajstić information content (AvgIpc) is 2.34. The standard InChI is InChI=1S/C13H17BrO4/c1-3-5-6-18-11-8-9(13(16)17-4-2)7-10(15)12(11)14/h7-8,15H,3-6H2,1-2H3. The SMILES string of the molecule is CCCCOc1cc(C(=O)OCC)cc(O)c1Br. The van der Waals surface area contributed by atoms with Gasteiger partial charge in [-0.15, -0.1) is 0 Å². The molecule has 0 spiro atoms. The first-order valence-electron chi connectivity index (χ1n) is 5.92. The monoisotopic (exact) mass is 316 g/mol. The largest absolute Gasteiger partial charge is 0.507 e.